The minimum atomic E-state index is 0.322. The summed E-state index contributed by atoms with van der Waals surface area (Å²) in [6.07, 6.45) is 0. The van der Waals surface area contributed by atoms with E-state index >= 15 is 0 Å². The second kappa shape index (κ2) is 6.70. The van der Waals surface area contributed by atoms with E-state index in [1.54, 1.807) is 34.1 Å². The van der Waals surface area contributed by atoms with Crippen molar-refractivity contribution < 1.29 is 5.11 Å². The predicted octanol–water partition coefficient (Wildman–Crippen LogP) is 1.44. The maximum Gasteiger partial charge on any atom is 0.192 e. The number of rotatable bonds is 0. The predicted molar refractivity (Wildman–Crippen MR) is 63.2 cm³/mol. The monoisotopic (exact) mass is 209 g/mol. The van der Waals surface area contributed by atoms with Crippen LogP contribution in [0.1, 0.15) is 0 Å². The third-order valence-corrected chi connectivity index (χ3v) is 1.60. The second-order valence-electron chi connectivity index (χ2n) is 3.45. The van der Waals surface area contributed by atoms with Crippen molar-refractivity contribution in [1.29, 1.82) is 5.41 Å². The van der Waals surface area contributed by atoms with E-state index in [2.05, 4.69) is 0 Å². The Labute approximate surface area is 91.3 Å². The summed E-state index contributed by atoms with van der Waals surface area (Å²) in [5.74, 6) is 0.840. The maximum atomic E-state index is 8.63. The van der Waals surface area contributed by atoms with Crippen LogP contribution in [-0.4, -0.2) is 49.1 Å². The molecule has 0 aliphatic rings. The number of hydrogen-bond acceptors (Lipinski definition) is 2. The van der Waals surface area contributed by atoms with E-state index in [1.807, 2.05) is 34.3 Å². The number of aromatic hydroxyl groups is 1. The minimum absolute atomic E-state index is 0.322. The van der Waals surface area contributed by atoms with E-state index in [4.69, 9.17) is 10.5 Å². The summed E-state index contributed by atoms with van der Waals surface area (Å²) in [6, 6.07) is 8.71. The minimum Gasteiger partial charge on any atom is -0.508 e. The highest BCUT2D eigenvalue weighted by Crippen LogP contribution is 2.02. The molecule has 0 saturated carbocycles. The van der Waals surface area contributed by atoms with Gasteiger partial charge in [0.05, 0.1) is 0 Å². The molecule has 0 atom stereocenters. The number of nitrogens with zero attached hydrogens (tertiary/aromatic N) is 2. The van der Waals surface area contributed by atoms with Gasteiger partial charge in [-0.1, -0.05) is 18.2 Å². The Morgan fingerprint density at radius 2 is 1.40 bits per heavy atom. The highest BCUT2D eigenvalue weighted by atomic mass is 16.3. The van der Waals surface area contributed by atoms with Gasteiger partial charge in [-0.25, -0.2) is 0 Å². The van der Waals surface area contributed by atoms with Crippen LogP contribution in [0.25, 0.3) is 0 Å². The molecule has 0 spiro atoms. The third-order valence-electron chi connectivity index (χ3n) is 1.60. The lowest BCUT2D eigenvalue weighted by Gasteiger charge is -2.19. The van der Waals surface area contributed by atoms with Crippen LogP contribution in [0.3, 0.4) is 0 Å². The zero-order chi connectivity index (χ0) is 11.8. The molecule has 1 aromatic carbocycles. The van der Waals surface area contributed by atoms with Gasteiger partial charge in [-0.3, -0.25) is 5.41 Å². The Kier molecular flexibility index (Phi) is 5.94. The number of phenolic OH excluding ortho intramolecular Hbond substituents is 1. The molecule has 0 amide bonds. The van der Waals surface area contributed by atoms with Gasteiger partial charge in [-0.2, -0.15) is 0 Å². The van der Waals surface area contributed by atoms with Crippen molar-refractivity contribution in [3.05, 3.63) is 30.3 Å². The lowest BCUT2D eigenvalue weighted by atomic mass is 10.3. The van der Waals surface area contributed by atoms with Gasteiger partial charge in [0.2, 0.25) is 0 Å². The first-order valence-corrected chi connectivity index (χ1v) is 4.62. The number of nitrogens with one attached hydrogen (secondary N) is 1. The molecule has 15 heavy (non-hydrogen) atoms. The SMILES string of the molecule is CN(C)C(=N)N(C)C.Oc1ccccc1. The molecule has 1 rings (SSSR count). The van der Waals surface area contributed by atoms with Crippen LogP contribution in [-0.2, 0) is 0 Å². The van der Waals surface area contributed by atoms with E-state index in [-0.39, 0.29) is 0 Å². The fraction of sp³-hybridized carbons (Fsp3) is 0.364. The van der Waals surface area contributed by atoms with Crippen LogP contribution >= 0.6 is 0 Å². The van der Waals surface area contributed by atoms with E-state index in [1.165, 1.54) is 0 Å². The Balaban J connectivity index is 0.000000262. The summed E-state index contributed by atoms with van der Waals surface area (Å²) in [6.45, 7) is 0. The largest absolute Gasteiger partial charge is 0.508 e. The van der Waals surface area contributed by atoms with Crippen molar-refractivity contribution in [1.82, 2.24) is 9.80 Å². The number of para-hydroxylation sites is 1. The zero-order valence-corrected chi connectivity index (χ0v) is 9.73. The Bertz CT molecular complexity index is 273. The highest BCUT2D eigenvalue weighted by Gasteiger charge is 1.97. The first kappa shape index (κ1) is 13.3. The molecule has 4 nitrogen and oxygen atoms in total. The van der Waals surface area contributed by atoms with E-state index in [0.717, 1.165) is 0 Å². The average molecular weight is 209 g/mol. The molecular weight excluding hydrogens is 190 g/mol. The normalized spacial score (nSPS) is 8.53. The van der Waals surface area contributed by atoms with Gasteiger partial charge in [0, 0.05) is 28.2 Å². The molecule has 0 heterocycles. The van der Waals surface area contributed by atoms with Gasteiger partial charge in [0.25, 0.3) is 0 Å². The second-order valence-corrected chi connectivity index (χ2v) is 3.45. The van der Waals surface area contributed by atoms with Crippen LogP contribution in [0.5, 0.6) is 5.75 Å². The van der Waals surface area contributed by atoms with Gasteiger partial charge < -0.3 is 14.9 Å². The molecule has 0 fully saturated rings. The Hall–Kier alpha value is -1.71. The van der Waals surface area contributed by atoms with Crippen LogP contribution in [0.2, 0.25) is 0 Å². The molecular formula is C11H19N3O. The van der Waals surface area contributed by atoms with Crippen molar-refractivity contribution >= 4 is 5.96 Å². The van der Waals surface area contributed by atoms with Crippen LogP contribution in [0, 0.1) is 5.41 Å². The summed E-state index contributed by atoms with van der Waals surface area (Å²) in [7, 11) is 7.40. The van der Waals surface area contributed by atoms with Crippen molar-refractivity contribution in [2.24, 2.45) is 0 Å². The van der Waals surface area contributed by atoms with Crippen LogP contribution in [0.15, 0.2) is 30.3 Å². The fourth-order valence-corrected chi connectivity index (χ4v) is 0.828. The highest BCUT2D eigenvalue weighted by molar-refractivity contribution is 5.75. The number of guanidine groups is 1. The van der Waals surface area contributed by atoms with E-state index < -0.39 is 0 Å². The smallest absolute Gasteiger partial charge is 0.192 e. The van der Waals surface area contributed by atoms with Crippen molar-refractivity contribution in [3.63, 3.8) is 0 Å². The Morgan fingerprint density at radius 1 is 1.00 bits per heavy atom. The van der Waals surface area contributed by atoms with Crippen LogP contribution in [0.4, 0.5) is 0 Å². The molecule has 84 valence electrons. The number of hydrogen-bond donors (Lipinski definition) is 2. The Morgan fingerprint density at radius 3 is 1.53 bits per heavy atom. The first-order chi connectivity index (χ1) is 6.95. The molecule has 0 radical (unpaired) electrons. The van der Waals surface area contributed by atoms with E-state index in [9.17, 15) is 0 Å². The molecule has 4 heteroatoms. The summed E-state index contributed by atoms with van der Waals surface area (Å²) < 4.78 is 0. The summed E-state index contributed by atoms with van der Waals surface area (Å²) in [4.78, 5) is 3.50. The summed E-state index contributed by atoms with van der Waals surface area (Å²) in [5.41, 5.74) is 0. The third kappa shape index (κ3) is 6.37. The van der Waals surface area contributed by atoms with Crippen molar-refractivity contribution in [2.75, 3.05) is 28.2 Å². The fourth-order valence-electron chi connectivity index (χ4n) is 0.828. The number of phenols is 1. The maximum absolute atomic E-state index is 8.63. The quantitative estimate of drug-likeness (QED) is 0.502. The molecule has 1 aromatic rings. The summed E-state index contributed by atoms with van der Waals surface area (Å²) >= 11 is 0. The van der Waals surface area contributed by atoms with Crippen molar-refractivity contribution in [3.8, 4) is 5.75 Å². The molecule has 2 N–H and O–H groups in total. The van der Waals surface area contributed by atoms with Gasteiger partial charge in [-0.05, 0) is 12.1 Å². The van der Waals surface area contributed by atoms with Gasteiger partial charge in [-0.15, -0.1) is 0 Å². The summed E-state index contributed by atoms with van der Waals surface area (Å²) in [5, 5.41) is 15.9. The first-order valence-electron chi connectivity index (χ1n) is 4.62. The van der Waals surface area contributed by atoms with Crippen molar-refractivity contribution in [2.45, 2.75) is 0 Å². The van der Waals surface area contributed by atoms with Gasteiger partial charge in [0.1, 0.15) is 5.75 Å². The lowest BCUT2D eigenvalue weighted by Crippen LogP contribution is -2.34. The standard InChI is InChI=1S/C6H6O.C5H13N3/c7-6-4-2-1-3-5-6;1-7(2)5(6)8(3)4/h1-5,7H;6H,1-4H3. The number of benzene rings is 1. The molecule has 0 saturated heterocycles. The zero-order valence-electron chi connectivity index (χ0n) is 9.73. The molecule has 0 aliphatic heterocycles. The molecule has 0 unspecified atom stereocenters. The van der Waals surface area contributed by atoms with Gasteiger partial charge >= 0.3 is 0 Å². The van der Waals surface area contributed by atoms with Crippen LogP contribution < -0.4 is 0 Å². The van der Waals surface area contributed by atoms with Gasteiger partial charge in [0.15, 0.2) is 5.96 Å². The topological polar surface area (TPSA) is 50.6 Å². The van der Waals surface area contributed by atoms with E-state index in [0.29, 0.717) is 11.7 Å². The lowest BCUT2D eigenvalue weighted by molar-refractivity contribution is 0.475. The molecule has 0 aromatic heterocycles. The molecule has 0 aliphatic carbocycles. The average Bonchev–Trinajstić information content (AvgIpc) is 2.18. The molecule has 0 bridgehead atoms.